The van der Waals surface area contributed by atoms with E-state index in [9.17, 15) is 4.79 Å². The predicted molar refractivity (Wildman–Crippen MR) is 86.3 cm³/mol. The monoisotopic (exact) mass is 332 g/mol. The number of hydrogen-bond donors (Lipinski definition) is 2. The van der Waals surface area contributed by atoms with Crippen LogP contribution >= 0.6 is 24.0 Å². The van der Waals surface area contributed by atoms with E-state index in [-0.39, 0.29) is 36.0 Å². The second-order valence-corrected chi connectivity index (χ2v) is 6.04. The van der Waals surface area contributed by atoms with Crippen LogP contribution in [0.5, 0.6) is 0 Å². The second kappa shape index (κ2) is 7.92. The number of halogens is 2. The van der Waals surface area contributed by atoms with Crippen LogP contribution in [0.25, 0.3) is 0 Å². The third-order valence-corrected chi connectivity index (χ3v) is 3.91. The first-order chi connectivity index (χ1) is 9.49. The van der Waals surface area contributed by atoms with Crippen molar-refractivity contribution in [2.24, 2.45) is 5.92 Å². The summed E-state index contributed by atoms with van der Waals surface area (Å²) >= 11 is 6.05. The minimum Gasteiger partial charge on any atom is -0.346 e. The predicted octanol–water partition coefficient (Wildman–Crippen LogP) is 2.40. The first-order valence-electron chi connectivity index (χ1n) is 7.03. The molecule has 0 aliphatic carbocycles. The van der Waals surface area contributed by atoms with Gasteiger partial charge in [-0.15, -0.1) is 12.4 Å². The summed E-state index contributed by atoms with van der Waals surface area (Å²) in [4.78, 5) is 20.8. The average Bonchev–Trinajstić information content (AvgIpc) is 2.41. The number of piperidine rings is 1. The smallest absolute Gasteiger partial charge is 0.271 e. The lowest BCUT2D eigenvalue weighted by molar-refractivity contribution is 0.0910. The maximum atomic E-state index is 12.3. The molecule has 1 aliphatic heterocycles. The molecule has 0 spiro atoms. The van der Waals surface area contributed by atoms with Gasteiger partial charge in [0.15, 0.2) is 0 Å². The van der Waals surface area contributed by atoms with Gasteiger partial charge < -0.3 is 10.6 Å². The maximum absolute atomic E-state index is 12.3. The van der Waals surface area contributed by atoms with E-state index in [1.54, 1.807) is 0 Å². The molecule has 2 N–H and O–H groups in total. The minimum absolute atomic E-state index is 0. The summed E-state index contributed by atoms with van der Waals surface area (Å²) in [5.41, 5.74) is 0.267. The summed E-state index contributed by atoms with van der Waals surface area (Å²) in [5, 5.41) is 6.60. The molecule has 2 atom stereocenters. The Morgan fingerprint density at radius 3 is 2.86 bits per heavy atom. The van der Waals surface area contributed by atoms with E-state index >= 15 is 0 Å². The molecule has 2 heterocycles. The van der Waals surface area contributed by atoms with Gasteiger partial charge in [0.25, 0.3) is 5.91 Å². The van der Waals surface area contributed by atoms with E-state index in [2.05, 4.69) is 27.5 Å². The molecule has 1 amide bonds. The number of hydrogen-bond acceptors (Lipinski definition) is 4. The molecule has 1 aromatic rings. The summed E-state index contributed by atoms with van der Waals surface area (Å²) in [5.74, 6) is 1.02. The van der Waals surface area contributed by atoms with Crippen LogP contribution in [0.3, 0.4) is 0 Å². The summed E-state index contributed by atoms with van der Waals surface area (Å²) in [6, 6.07) is 0.116. The van der Waals surface area contributed by atoms with Crippen molar-refractivity contribution in [3.05, 3.63) is 22.7 Å². The van der Waals surface area contributed by atoms with E-state index in [0.29, 0.717) is 16.8 Å². The molecular weight excluding hydrogens is 311 g/mol. The van der Waals surface area contributed by atoms with Crippen LogP contribution in [-0.4, -0.2) is 35.0 Å². The lowest BCUT2D eigenvalue weighted by atomic mass is 9.95. The number of aromatic nitrogens is 2. The Morgan fingerprint density at radius 2 is 2.24 bits per heavy atom. The lowest BCUT2D eigenvalue weighted by Crippen LogP contribution is -2.50. The third-order valence-electron chi connectivity index (χ3n) is 3.64. The van der Waals surface area contributed by atoms with Crippen LogP contribution in [0.1, 0.15) is 49.4 Å². The van der Waals surface area contributed by atoms with Crippen molar-refractivity contribution in [2.75, 3.05) is 13.1 Å². The van der Waals surface area contributed by atoms with E-state index in [1.807, 2.05) is 13.8 Å². The highest BCUT2D eigenvalue weighted by Gasteiger charge is 2.25. The Morgan fingerprint density at radius 1 is 1.52 bits per heavy atom. The molecule has 21 heavy (non-hydrogen) atoms. The Kier molecular flexibility index (Phi) is 6.84. The first-order valence-corrected chi connectivity index (χ1v) is 7.41. The molecule has 7 heteroatoms. The summed E-state index contributed by atoms with van der Waals surface area (Å²) in [6.45, 7) is 7.90. The van der Waals surface area contributed by atoms with Crippen molar-refractivity contribution in [1.29, 1.82) is 0 Å². The lowest BCUT2D eigenvalue weighted by Gasteiger charge is -2.30. The fourth-order valence-corrected chi connectivity index (χ4v) is 2.41. The van der Waals surface area contributed by atoms with Crippen molar-refractivity contribution in [1.82, 2.24) is 20.6 Å². The van der Waals surface area contributed by atoms with Gasteiger partial charge in [-0.05, 0) is 18.9 Å². The fourth-order valence-electron chi connectivity index (χ4n) is 2.24. The molecule has 5 nitrogen and oxygen atoms in total. The molecule has 1 aliphatic rings. The van der Waals surface area contributed by atoms with Crippen LogP contribution < -0.4 is 10.6 Å². The van der Waals surface area contributed by atoms with Gasteiger partial charge in [0.05, 0.1) is 11.2 Å². The van der Waals surface area contributed by atoms with Gasteiger partial charge in [-0.3, -0.25) is 4.79 Å². The Labute approximate surface area is 136 Å². The SMILES string of the molecule is CC(C)c1ncc(Cl)c(C(=O)NC2CNCCC2C)n1.Cl. The number of nitrogens with one attached hydrogen (secondary N) is 2. The maximum Gasteiger partial charge on any atom is 0.271 e. The molecule has 0 aromatic carbocycles. The number of carbonyl (C=O) groups is 1. The van der Waals surface area contributed by atoms with Gasteiger partial charge in [0, 0.05) is 18.5 Å². The highest BCUT2D eigenvalue weighted by atomic mass is 35.5. The molecule has 2 rings (SSSR count). The fraction of sp³-hybridized carbons (Fsp3) is 0.643. The van der Waals surface area contributed by atoms with Crippen LogP contribution in [0.2, 0.25) is 5.02 Å². The summed E-state index contributed by atoms with van der Waals surface area (Å²) < 4.78 is 0. The van der Waals surface area contributed by atoms with Crippen molar-refractivity contribution in [3.8, 4) is 0 Å². The standard InChI is InChI=1S/C14H21ClN4O.ClH/c1-8(2)13-17-6-10(15)12(19-13)14(20)18-11-7-16-5-4-9(11)3;/h6,8-9,11,16H,4-5,7H2,1-3H3,(H,18,20);1H. The highest BCUT2D eigenvalue weighted by Crippen LogP contribution is 2.17. The van der Waals surface area contributed by atoms with Crippen molar-refractivity contribution >= 4 is 29.9 Å². The molecule has 0 saturated carbocycles. The third kappa shape index (κ3) is 4.53. The largest absolute Gasteiger partial charge is 0.346 e. The normalized spacial score (nSPS) is 21.8. The van der Waals surface area contributed by atoms with Crippen LogP contribution in [0.4, 0.5) is 0 Å². The number of rotatable bonds is 3. The second-order valence-electron chi connectivity index (χ2n) is 5.63. The van der Waals surface area contributed by atoms with Gasteiger partial charge in [0.2, 0.25) is 0 Å². The van der Waals surface area contributed by atoms with Crippen LogP contribution in [-0.2, 0) is 0 Å². The van der Waals surface area contributed by atoms with Gasteiger partial charge in [-0.1, -0.05) is 32.4 Å². The minimum atomic E-state index is -0.222. The van der Waals surface area contributed by atoms with Crippen LogP contribution in [0.15, 0.2) is 6.20 Å². The Hall–Kier alpha value is -0.910. The highest BCUT2D eigenvalue weighted by molar-refractivity contribution is 6.33. The van der Waals surface area contributed by atoms with Gasteiger partial charge >= 0.3 is 0 Å². The zero-order chi connectivity index (χ0) is 14.7. The molecule has 2 unspecified atom stereocenters. The molecular formula is C14H22Cl2N4O. The van der Waals surface area contributed by atoms with E-state index in [4.69, 9.17) is 11.6 Å². The van der Waals surface area contributed by atoms with Gasteiger partial charge in [-0.25, -0.2) is 9.97 Å². The number of carbonyl (C=O) groups excluding carboxylic acids is 1. The molecule has 1 fully saturated rings. The Balaban J connectivity index is 0.00000220. The molecule has 0 radical (unpaired) electrons. The van der Waals surface area contributed by atoms with Crippen molar-refractivity contribution < 1.29 is 4.79 Å². The van der Waals surface area contributed by atoms with E-state index in [0.717, 1.165) is 19.5 Å². The average molecular weight is 333 g/mol. The molecule has 118 valence electrons. The first kappa shape index (κ1) is 18.1. The van der Waals surface area contributed by atoms with Gasteiger partial charge in [-0.2, -0.15) is 0 Å². The quantitative estimate of drug-likeness (QED) is 0.891. The van der Waals surface area contributed by atoms with E-state index < -0.39 is 0 Å². The van der Waals surface area contributed by atoms with E-state index in [1.165, 1.54) is 6.20 Å². The Bertz CT molecular complexity index is 496. The number of amides is 1. The number of nitrogens with zero attached hydrogens (tertiary/aromatic N) is 2. The zero-order valence-corrected chi connectivity index (χ0v) is 14.1. The van der Waals surface area contributed by atoms with Crippen molar-refractivity contribution in [2.45, 2.75) is 39.2 Å². The molecule has 1 saturated heterocycles. The van der Waals surface area contributed by atoms with Crippen LogP contribution in [0, 0.1) is 5.92 Å². The zero-order valence-electron chi connectivity index (χ0n) is 12.5. The summed E-state index contributed by atoms with van der Waals surface area (Å²) in [6.07, 6.45) is 2.56. The molecule has 0 bridgehead atoms. The molecule has 1 aromatic heterocycles. The topological polar surface area (TPSA) is 66.9 Å². The van der Waals surface area contributed by atoms with Crippen molar-refractivity contribution in [3.63, 3.8) is 0 Å². The van der Waals surface area contributed by atoms with Gasteiger partial charge in [0.1, 0.15) is 11.5 Å². The summed E-state index contributed by atoms with van der Waals surface area (Å²) in [7, 11) is 0.